The third-order valence-electron chi connectivity index (χ3n) is 4.67. The summed E-state index contributed by atoms with van der Waals surface area (Å²) in [4.78, 5) is 41.9. The van der Waals surface area contributed by atoms with Crippen molar-refractivity contribution in [3.05, 3.63) is 92.6 Å². The first kappa shape index (κ1) is 20.1. The summed E-state index contributed by atoms with van der Waals surface area (Å²) in [6.07, 6.45) is 1.58. The van der Waals surface area contributed by atoms with E-state index in [2.05, 4.69) is 4.98 Å². The molecule has 3 N–H and O–H groups in total. The molecule has 0 atom stereocenters. The molecule has 0 saturated carbocycles. The maximum atomic E-state index is 13.3. The third kappa shape index (κ3) is 4.45. The molecular formula is C22H24N4O3. The van der Waals surface area contributed by atoms with Crippen LogP contribution in [-0.4, -0.2) is 15.5 Å². The topological polar surface area (TPSA) is 101 Å². The number of benzene rings is 2. The number of carbonyl (C=O) groups excluding carboxylic acids is 1. The van der Waals surface area contributed by atoms with Gasteiger partial charge in [-0.25, -0.2) is 4.79 Å². The minimum atomic E-state index is -0.680. The average Bonchev–Trinajstić information content (AvgIpc) is 2.73. The lowest BCUT2D eigenvalue weighted by atomic mass is 10.1. The van der Waals surface area contributed by atoms with Crippen LogP contribution in [0.4, 0.5) is 11.5 Å². The summed E-state index contributed by atoms with van der Waals surface area (Å²) in [5.41, 5.74) is 6.24. The summed E-state index contributed by atoms with van der Waals surface area (Å²) in [5, 5.41) is 0. The SMILES string of the molecule is CCCCn1c(N)c(N(Cc2ccccc2)C(=O)c2ccccc2)c(=O)[nH]c1=O. The van der Waals surface area contributed by atoms with Crippen LogP contribution in [0, 0.1) is 0 Å². The predicted molar refractivity (Wildman–Crippen MR) is 114 cm³/mol. The summed E-state index contributed by atoms with van der Waals surface area (Å²) in [6.45, 7) is 2.51. The van der Waals surface area contributed by atoms with Crippen molar-refractivity contribution in [3.63, 3.8) is 0 Å². The predicted octanol–water partition coefficient (Wildman–Crippen LogP) is 2.77. The summed E-state index contributed by atoms with van der Waals surface area (Å²) >= 11 is 0. The van der Waals surface area contributed by atoms with Gasteiger partial charge in [0.05, 0.1) is 6.54 Å². The van der Waals surface area contributed by atoms with Crippen LogP contribution in [0.1, 0.15) is 35.7 Å². The molecule has 0 saturated heterocycles. The number of nitrogen functional groups attached to an aromatic ring is 1. The Kier molecular flexibility index (Phi) is 6.29. The molecule has 29 heavy (non-hydrogen) atoms. The van der Waals surface area contributed by atoms with Crippen LogP contribution >= 0.6 is 0 Å². The molecule has 150 valence electrons. The van der Waals surface area contributed by atoms with E-state index in [9.17, 15) is 14.4 Å². The number of amides is 1. The van der Waals surface area contributed by atoms with E-state index in [0.717, 1.165) is 18.4 Å². The zero-order valence-electron chi connectivity index (χ0n) is 16.3. The van der Waals surface area contributed by atoms with Gasteiger partial charge in [-0.15, -0.1) is 0 Å². The molecule has 2 aromatic carbocycles. The summed E-state index contributed by atoms with van der Waals surface area (Å²) < 4.78 is 1.32. The van der Waals surface area contributed by atoms with Crippen molar-refractivity contribution in [1.82, 2.24) is 9.55 Å². The number of aromatic nitrogens is 2. The summed E-state index contributed by atoms with van der Waals surface area (Å²) in [5.74, 6) is -0.375. The van der Waals surface area contributed by atoms with E-state index in [0.29, 0.717) is 12.1 Å². The third-order valence-corrected chi connectivity index (χ3v) is 4.67. The van der Waals surface area contributed by atoms with E-state index >= 15 is 0 Å². The van der Waals surface area contributed by atoms with Crippen LogP contribution < -0.4 is 21.9 Å². The lowest BCUT2D eigenvalue weighted by Gasteiger charge is -2.25. The number of rotatable bonds is 7. The smallest absolute Gasteiger partial charge is 0.330 e. The van der Waals surface area contributed by atoms with Crippen molar-refractivity contribution in [1.29, 1.82) is 0 Å². The maximum absolute atomic E-state index is 13.3. The van der Waals surface area contributed by atoms with Gasteiger partial charge in [-0.2, -0.15) is 0 Å². The Balaban J connectivity index is 2.14. The molecule has 1 heterocycles. The van der Waals surface area contributed by atoms with Gasteiger partial charge in [-0.05, 0) is 24.1 Å². The Morgan fingerprint density at radius 1 is 1.03 bits per heavy atom. The van der Waals surface area contributed by atoms with Crippen LogP contribution in [0.2, 0.25) is 0 Å². The molecule has 7 nitrogen and oxygen atoms in total. The first-order valence-electron chi connectivity index (χ1n) is 9.56. The monoisotopic (exact) mass is 392 g/mol. The molecule has 0 unspecified atom stereocenters. The second-order valence-corrected chi connectivity index (χ2v) is 6.74. The fourth-order valence-corrected chi connectivity index (χ4v) is 3.13. The highest BCUT2D eigenvalue weighted by Gasteiger charge is 2.25. The van der Waals surface area contributed by atoms with E-state index in [1.54, 1.807) is 24.3 Å². The van der Waals surface area contributed by atoms with Crippen molar-refractivity contribution in [2.75, 3.05) is 10.6 Å². The number of nitrogens with one attached hydrogen (secondary N) is 1. The zero-order chi connectivity index (χ0) is 20.8. The van der Waals surface area contributed by atoms with Crippen LogP contribution in [-0.2, 0) is 13.1 Å². The lowest BCUT2D eigenvalue weighted by molar-refractivity contribution is 0.0984. The molecule has 3 aromatic rings. The van der Waals surface area contributed by atoms with Crippen molar-refractivity contribution < 1.29 is 4.79 Å². The molecular weight excluding hydrogens is 368 g/mol. The van der Waals surface area contributed by atoms with Gasteiger partial charge < -0.3 is 5.73 Å². The highest BCUT2D eigenvalue weighted by Crippen LogP contribution is 2.22. The first-order chi connectivity index (χ1) is 14.0. The Bertz CT molecular complexity index is 1090. The van der Waals surface area contributed by atoms with E-state index < -0.39 is 11.2 Å². The number of nitrogens with two attached hydrogens (primary N) is 1. The maximum Gasteiger partial charge on any atom is 0.330 e. The van der Waals surface area contributed by atoms with Crippen molar-refractivity contribution in [2.24, 2.45) is 0 Å². The van der Waals surface area contributed by atoms with Crippen molar-refractivity contribution >= 4 is 17.4 Å². The summed E-state index contributed by atoms with van der Waals surface area (Å²) in [7, 11) is 0. The van der Waals surface area contributed by atoms with Gasteiger partial charge in [0, 0.05) is 12.1 Å². The van der Waals surface area contributed by atoms with E-state index in [1.807, 2.05) is 43.3 Å². The van der Waals surface area contributed by atoms with Crippen LogP contribution in [0.25, 0.3) is 0 Å². The molecule has 0 aliphatic carbocycles. The number of nitrogens with zero attached hydrogens (tertiary/aromatic N) is 2. The number of hydrogen-bond acceptors (Lipinski definition) is 4. The number of anilines is 2. The van der Waals surface area contributed by atoms with Gasteiger partial charge in [-0.1, -0.05) is 61.9 Å². The normalized spacial score (nSPS) is 10.7. The van der Waals surface area contributed by atoms with E-state index in [1.165, 1.54) is 9.47 Å². The van der Waals surface area contributed by atoms with E-state index in [4.69, 9.17) is 5.73 Å². The zero-order valence-corrected chi connectivity index (χ0v) is 16.3. The fourth-order valence-electron chi connectivity index (χ4n) is 3.13. The van der Waals surface area contributed by atoms with Gasteiger partial charge in [0.25, 0.3) is 11.5 Å². The Labute approximate surface area is 168 Å². The molecule has 0 bridgehead atoms. The van der Waals surface area contributed by atoms with Gasteiger partial charge in [0.1, 0.15) is 5.82 Å². The average molecular weight is 392 g/mol. The largest absolute Gasteiger partial charge is 0.383 e. The van der Waals surface area contributed by atoms with Crippen LogP contribution in [0.5, 0.6) is 0 Å². The minimum absolute atomic E-state index is 0.00703. The van der Waals surface area contributed by atoms with Gasteiger partial charge >= 0.3 is 5.69 Å². The second kappa shape index (κ2) is 9.05. The highest BCUT2D eigenvalue weighted by atomic mass is 16.2. The number of carbonyl (C=O) groups is 1. The number of unbranched alkanes of at least 4 members (excludes halogenated alkanes) is 1. The van der Waals surface area contributed by atoms with Crippen molar-refractivity contribution in [3.8, 4) is 0 Å². The molecule has 1 amide bonds. The quantitative estimate of drug-likeness (QED) is 0.645. The number of aromatic amines is 1. The molecule has 0 radical (unpaired) electrons. The summed E-state index contributed by atoms with van der Waals surface area (Å²) in [6, 6.07) is 18.0. The Hall–Kier alpha value is -3.61. The molecule has 0 spiro atoms. The Morgan fingerprint density at radius 2 is 1.66 bits per heavy atom. The van der Waals surface area contributed by atoms with Crippen molar-refractivity contribution in [2.45, 2.75) is 32.9 Å². The second-order valence-electron chi connectivity index (χ2n) is 6.74. The number of hydrogen-bond donors (Lipinski definition) is 2. The molecule has 0 fully saturated rings. The van der Waals surface area contributed by atoms with E-state index in [-0.39, 0.29) is 24.0 Å². The molecule has 7 heteroatoms. The van der Waals surface area contributed by atoms with Gasteiger partial charge in [0.2, 0.25) is 0 Å². The standard InChI is InChI=1S/C22H24N4O3/c1-2-3-14-25-19(23)18(20(27)24-22(25)29)26(15-16-10-6-4-7-11-16)21(28)17-12-8-5-9-13-17/h4-13H,2-3,14-15,23H2,1H3,(H,24,27,29). The highest BCUT2D eigenvalue weighted by molar-refractivity contribution is 6.07. The fraction of sp³-hybridized carbons (Fsp3) is 0.227. The first-order valence-corrected chi connectivity index (χ1v) is 9.56. The molecule has 3 rings (SSSR count). The van der Waals surface area contributed by atoms with Gasteiger partial charge in [0.15, 0.2) is 5.69 Å². The molecule has 0 aliphatic rings. The Morgan fingerprint density at radius 3 is 2.28 bits per heavy atom. The van der Waals surface area contributed by atoms with Crippen LogP contribution in [0.3, 0.4) is 0 Å². The van der Waals surface area contributed by atoms with Gasteiger partial charge in [-0.3, -0.25) is 24.0 Å². The van der Waals surface area contributed by atoms with Crippen LogP contribution in [0.15, 0.2) is 70.3 Å². The molecule has 0 aliphatic heterocycles. The molecule has 1 aromatic heterocycles. The lowest BCUT2D eigenvalue weighted by Crippen LogP contribution is -2.41. The minimum Gasteiger partial charge on any atom is -0.383 e. The number of H-pyrrole nitrogens is 1.